The Balaban J connectivity index is 2.30. The van der Waals surface area contributed by atoms with Gasteiger partial charge in [0.1, 0.15) is 5.70 Å². The van der Waals surface area contributed by atoms with Gasteiger partial charge in [-0.3, -0.25) is 9.59 Å². The van der Waals surface area contributed by atoms with Crippen LogP contribution in [0.25, 0.3) is 6.08 Å². The number of amides is 2. The van der Waals surface area contributed by atoms with Crippen LogP contribution in [-0.4, -0.2) is 26.0 Å². The number of methoxy groups -OCH3 is 2. The van der Waals surface area contributed by atoms with Gasteiger partial charge in [-0.2, -0.15) is 0 Å². The van der Waals surface area contributed by atoms with Crippen LogP contribution in [0.4, 0.5) is 5.69 Å². The molecular formula is C19H19ClN2O4. The second-order valence-electron chi connectivity index (χ2n) is 5.31. The van der Waals surface area contributed by atoms with Crippen molar-refractivity contribution in [2.45, 2.75) is 6.92 Å². The highest BCUT2D eigenvalue weighted by atomic mass is 35.5. The summed E-state index contributed by atoms with van der Waals surface area (Å²) in [6.45, 7) is 1.33. The van der Waals surface area contributed by atoms with Crippen molar-refractivity contribution in [1.29, 1.82) is 0 Å². The first-order chi connectivity index (χ1) is 12.4. The van der Waals surface area contributed by atoms with E-state index in [0.717, 1.165) is 0 Å². The molecule has 2 aromatic rings. The quantitative estimate of drug-likeness (QED) is 0.759. The minimum atomic E-state index is -0.461. The van der Waals surface area contributed by atoms with Gasteiger partial charge in [-0.25, -0.2) is 0 Å². The van der Waals surface area contributed by atoms with Crippen LogP contribution in [0.2, 0.25) is 5.02 Å². The van der Waals surface area contributed by atoms with Crippen LogP contribution >= 0.6 is 11.6 Å². The van der Waals surface area contributed by atoms with Gasteiger partial charge in [-0.1, -0.05) is 17.7 Å². The molecule has 0 spiro atoms. The van der Waals surface area contributed by atoms with E-state index in [1.54, 1.807) is 48.5 Å². The highest BCUT2D eigenvalue weighted by molar-refractivity contribution is 6.30. The molecule has 0 radical (unpaired) electrons. The number of nitrogens with one attached hydrogen (secondary N) is 2. The first-order valence-corrected chi connectivity index (χ1v) is 8.09. The van der Waals surface area contributed by atoms with Gasteiger partial charge in [0.2, 0.25) is 5.91 Å². The van der Waals surface area contributed by atoms with E-state index in [-0.39, 0.29) is 11.6 Å². The van der Waals surface area contributed by atoms with Crippen molar-refractivity contribution in [3.63, 3.8) is 0 Å². The molecule has 0 atom stereocenters. The maximum absolute atomic E-state index is 12.5. The number of hydrogen-bond acceptors (Lipinski definition) is 4. The normalized spacial score (nSPS) is 10.8. The predicted octanol–water partition coefficient (Wildman–Crippen LogP) is 3.47. The van der Waals surface area contributed by atoms with Crippen molar-refractivity contribution in [2.75, 3.05) is 19.5 Å². The molecule has 136 valence electrons. The third-order valence-corrected chi connectivity index (χ3v) is 3.63. The fraction of sp³-hybridized carbons (Fsp3) is 0.158. The van der Waals surface area contributed by atoms with Gasteiger partial charge in [-0.05, 0) is 48.0 Å². The molecule has 0 aliphatic heterocycles. The molecule has 0 heterocycles. The average molecular weight is 375 g/mol. The zero-order chi connectivity index (χ0) is 19.1. The number of rotatable bonds is 6. The maximum atomic E-state index is 12.5. The Kier molecular flexibility index (Phi) is 6.63. The summed E-state index contributed by atoms with van der Waals surface area (Å²) < 4.78 is 10.4. The van der Waals surface area contributed by atoms with E-state index in [2.05, 4.69) is 10.6 Å². The number of carbonyl (C=O) groups excluding carboxylic acids is 2. The molecule has 0 aromatic heterocycles. The summed E-state index contributed by atoms with van der Waals surface area (Å²) >= 11 is 5.84. The van der Waals surface area contributed by atoms with E-state index in [4.69, 9.17) is 21.1 Å². The lowest BCUT2D eigenvalue weighted by Gasteiger charge is -2.11. The number of halogens is 1. The molecule has 0 saturated heterocycles. The zero-order valence-corrected chi connectivity index (χ0v) is 15.4. The Labute approximate surface area is 156 Å². The largest absolute Gasteiger partial charge is 0.493 e. The first-order valence-electron chi connectivity index (χ1n) is 7.71. The average Bonchev–Trinajstić information content (AvgIpc) is 2.62. The summed E-state index contributed by atoms with van der Waals surface area (Å²) in [6.07, 6.45) is 1.55. The van der Waals surface area contributed by atoms with E-state index in [1.165, 1.54) is 21.1 Å². The van der Waals surface area contributed by atoms with Gasteiger partial charge in [0.05, 0.1) is 14.2 Å². The van der Waals surface area contributed by atoms with E-state index in [1.807, 2.05) is 0 Å². The monoisotopic (exact) mass is 374 g/mol. The van der Waals surface area contributed by atoms with Crippen molar-refractivity contribution >= 4 is 35.2 Å². The number of benzene rings is 2. The van der Waals surface area contributed by atoms with Crippen molar-refractivity contribution in [3.05, 3.63) is 58.7 Å². The van der Waals surface area contributed by atoms with Crippen LogP contribution in [0.1, 0.15) is 12.5 Å². The summed E-state index contributed by atoms with van der Waals surface area (Å²) in [7, 11) is 3.06. The number of carbonyl (C=O) groups is 2. The standard InChI is InChI=1S/C19H19ClN2O4/c1-12(23)21-16(19(24)22-15-7-5-14(20)6-8-15)10-13-4-9-17(25-2)18(11-13)26-3/h4-11H,1-3H3,(H,21,23)(H,22,24). The number of ether oxygens (including phenoxy) is 2. The lowest BCUT2D eigenvalue weighted by molar-refractivity contribution is -0.120. The molecule has 7 heteroatoms. The Hall–Kier alpha value is -2.99. The smallest absolute Gasteiger partial charge is 0.272 e. The molecule has 0 bridgehead atoms. The van der Waals surface area contributed by atoms with Crippen LogP contribution in [0, 0.1) is 0 Å². The summed E-state index contributed by atoms with van der Waals surface area (Å²) in [4.78, 5) is 24.0. The molecule has 26 heavy (non-hydrogen) atoms. The number of anilines is 1. The van der Waals surface area contributed by atoms with Crippen LogP contribution in [0.5, 0.6) is 11.5 Å². The van der Waals surface area contributed by atoms with Crippen LogP contribution in [-0.2, 0) is 9.59 Å². The van der Waals surface area contributed by atoms with Crippen molar-refractivity contribution in [1.82, 2.24) is 5.32 Å². The SMILES string of the molecule is COc1ccc(C=C(NC(C)=O)C(=O)Nc2ccc(Cl)cc2)cc1OC. The third kappa shape index (κ3) is 5.26. The molecule has 2 N–H and O–H groups in total. The molecule has 2 amide bonds. The van der Waals surface area contributed by atoms with Gasteiger partial charge >= 0.3 is 0 Å². The fourth-order valence-corrected chi connectivity index (χ4v) is 2.31. The highest BCUT2D eigenvalue weighted by Gasteiger charge is 2.13. The first kappa shape index (κ1) is 19.3. The summed E-state index contributed by atoms with van der Waals surface area (Å²) in [5.74, 6) is 0.262. The molecule has 0 aliphatic carbocycles. The Morgan fingerprint density at radius 3 is 2.23 bits per heavy atom. The summed E-state index contributed by atoms with van der Waals surface area (Å²) in [5.41, 5.74) is 1.32. The fourth-order valence-electron chi connectivity index (χ4n) is 2.19. The molecular weight excluding hydrogens is 356 g/mol. The lowest BCUT2D eigenvalue weighted by Crippen LogP contribution is -2.28. The Morgan fingerprint density at radius 1 is 1.00 bits per heavy atom. The third-order valence-electron chi connectivity index (χ3n) is 3.38. The molecule has 2 rings (SSSR count). The summed E-state index contributed by atoms with van der Waals surface area (Å²) in [6, 6.07) is 11.8. The molecule has 2 aromatic carbocycles. The molecule has 0 saturated carbocycles. The van der Waals surface area contributed by atoms with Gasteiger partial charge in [-0.15, -0.1) is 0 Å². The van der Waals surface area contributed by atoms with E-state index in [9.17, 15) is 9.59 Å². The number of hydrogen-bond donors (Lipinski definition) is 2. The molecule has 0 unspecified atom stereocenters. The van der Waals surface area contributed by atoms with E-state index in [0.29, 0.717) is 27.8 Å². The van der Waals surface area contributed by atoms with Crippen LogP contribution < -0.4 is 20.1 Å². The van der Waals surface area contributed by atoms with Crippen molar-refractivity contribution in [2.24, 2.45) is 0 Å². The highest BCUT2D eigenvalue weighted by Crippen LogP contribution is 2.28. The van der Waals surface area contributed by atoms with Gasteiger partial charge in [0.25, 0.3) is 5.91 Å². The van der Waals surface area contributed by atoms with Gasteiger partial charge in [0.15, 0.2) is 11.5 Å². The van der Waals surface area contributed by atoms with Gasteiger partial charge in [0, 0.05) is 17.6 Å². The van der Waals surface area contributed by atoms with Crippen molar-refractivity contribution in [3.8, 4) is 11.5 Å². The van der Waals surface area contributed by atoms with Crippen molar-refractivity contribution < 1.29 is 19.1 Å². The second kappa shape index (κ2) is 8.92. The predicted molar refractivity (Wildman–Crippen MR) is 101 cm³/mol. The Morgan fingerprint density at radius 2 is 1.65 bits per heavy atom. The minimum Gasteiger partial charge on any atom is -0.493 e. The maximum Gasteiger partial charge on any atom is 0.272 e. The zero-order valence-electron chi connectivity index (χ0n) is 14.6. The Bertz CT molecular complexity index is 832. The second-order valence-corrected chi connectivity index (χ2v) is 5.75. The lowest BCUT2D eigenvalue weighted by atomic mass is 10.1. The van der Waals surface area contributed by atoms with Gasteiger partial charge < -0.3 is 20.1 Å². The minimum absolute atomic E-state index is 0.0969. The van der Waals surface area contributed by atoms with E-state index >= 15 is 0 Å². The van der Waals surface area contributed by atoms with E-state index < -0.39 is 5.91 Å². The molecule has 0 aliphatic rings. The topological polar surface area (TPSA) is 76.7 Å². The van der Waals surface area contributed by atoms with Crippen LogP contribution in [0.15, 0.2) is 48.2 Å². The molecule has 6 nitrogen and oxygen atoms in total. The molecule has 0 fully saturated rings. The van der Waals surface area contributed by atoms with Crippen LogP contribution in [0.3, 0.4) is 0 Å². The summed E-state index contributed by atoms with van der Waals surface area (Å²) in [5, 5.41) is 5.81.